The van der Waals surface area contributed by atoms with Crippen molar-refractivity contribution in [3.63, 3.8) is 0 Å². The quantitative estimate of drug-likeness (QED) is 0.418. The van der Waals surface area contributed by atoms with Crippen molar-refractivity contribution >= 4 is 35.4 Å². The van der Waals surface area contributed by atoms with E-state index in [1.807, 2.05) is 18.2 Å². The molecule has 3 fully saturated rings. The predicted octanol–water partition coefficient (Wildman–Crippen LogP) is 2.23. The Bertz CT molecular complexity index is 1240. The van der Waals surface area contributed by atoms with Crippen LogP contribution in [0.3, 0.4) is 0 Å². The van der Waals surface area contributed by atoms with Crippen molar-refractivity contribution in [3.05, 3.63) is 53.2 Å². The summed E-state index contributed by atoms with van der Waals surface area (Å²) in [6.07, 6.45) is 7.62. The number of imide groups is 1. The Morgan fingerprint density at radius 1 is 1.13 bits per heavy atom. The van der Waals surface area contributed by atoms with Gasteiger partial charge < -0.3 is 10.6 Å². The lowest BCUT2D eigenvalue weighted by molar-refractivity contribution is -0.124. The van der Waals surface area contributed by atoms with Gasteiger partial charge in [-0.15, -0.1) is 0 Å². The first kappa shape index (κ1) is 18.1. The molecule has 0 atom stereocenters. The molecule has 3 aromatic rings. The van der Waals surface area contributed by atoms with Crippen molar-refractivity contribution in [1.82, 2.24) is 24.9 Å². The third-order valence-corrected chi connectivity index (χ3v) is 5.96. The number of carbonyl (C=O) groups excluding carboxylic acids is 2. The monoisotopic (exact) mass is 415 g/mol. The van der Waals surface area contributed by atoms with Gasteiger partial charge >= 0.3 is 0 Å². The molecule has 1 saturated heterocycles. The van der Waals surface area contributed by atoms with E-state index >= 15 is 0 Å². The highest BCUT2D eigenvalue weighted by Crippen LogP contribution is 2.47. The summed E-state index contributed by atoms with van der Waals surface area (Å²) in [5, 5.41) is 13.7. The minimum Gasteiger partial charge on any atom is -0.351 e. The number of amides is 2. The summed E-state index contributed by atoms with van der Waals surface area (Å²) in [7, 11) is 0. The van der Waals surface area contributed by atoms with Crippen LogP contribution in [-0.4, -0.2) is 37.4 Å². The average molecular weight is 415 g/mol. The van der Waals surface area contributed by atoms with Crippen LogP contribution in [0.15, 0.2) is 42.1 Å². The second kappa shape index (κ2) is 6.63. The first-order valence-electron chi connectivity index (χ1n) is 10.5. The van der Waals surface area contributed by atoms with Gasteiger partial charge in [0.05, 0.1) is 18.2 Å². The minimum atomic E-state index is -0.367. The number of carbonyl (C=O) groups is 2. The second-order valence-corrected chi connectivity index (χ2v) is 8.42. The second-order valence-electron chi connectivity index (χ2n) is 8.42. The van der Waals surface area contributed by atoms with E-state index in [1.165, 1.54) is 5.56 Å². The summed E-state index contributed by atoms with van der Waals surface area (Å²) in [4.78, 5) is 33.0. The summed E-state index contributed by atoms with van der Waals surface area (Å²) in [5.74, 6) is 0.480. The van der Waals surface area contributed by atoms with Crippen LogP contribution >= 0.6 is 0 Å². The number of hydrogen-bond acceptors (Lipinski definition) is 7. The molecule has 9 heteroatoms. The van der Waals surface area contributed by atoms with Gasteiger partial charge in [-0.05, 0) is 37.3 Å². The van der Waals surface area contributed by atoms with Crippen LogP contribution in [0.1, 0.15) is 43.2 Å². The van der Waals surface area contributed by atoms with E-state index in [1.54, 1.807) is 16.8 Å². The summed E-state index contributed by atoms with van der Waals surface area (Å²) >= 11 is 0. The highest BCUT2D eigenvalue weighted by Gasteiger charge is 2.45. The van der Waals surface area contributed by atoms with E-state index in [-0.39, 0.29) is 23.8 Å². The van der Waals surface area contributed by atoms with Gasteiger partial charge in [-0.2, -0.15) is 19.6 Å². The topological polar surface area (TPSA) is 113 Å². The lowest BCUT2D eigenvalue weighted by atomic mass is 10.1. The lowest BCUT2D eigenvalue weighted by Crippen LogP contribution is -2.22. The van der Waals surface area contributed by atoms with Gasteiger partial charge in [-0.1, -0.05) is 30.3 Å². The van der Waals surface area contributed by atoms with Crippen LogP contribution in [-0.2, 0) is 15.1 Å². The van der Waals surface area contributed by atoms with E-state index < -0.39 is 0 Å². The smallest absolute Gasteiger partial charge is 0.254 e. The number of fused-ring (bicyclic) bond motifs is 1. The summed E-state index contributed by atoms with van der Waals surface area (Å²) in [6.45, 7) is 0. The molecule has 0 radical (unpaired) electrons. The van der Waals surface area contributed by atoms with Crippen molar-refractivity contribution in [3.8, 4) is 0 Å². The van der Waals surface area contributed by atoms with Crippen LogP contribution < -0.4 is 16.0 Å². The van der Waals surface area contributed by atoms with Gasteiger partial charge in [-0.3, -0.25) is 14.9 Å². The van der Waals surface area contributed by atoms with Crippen molar-refractivity contribution in [2.24, 2.45) is 0 Å². The molecule has 2 aromatic heterocycles. The maximum absolute atomic E-state index is 12.0. The molecule has 3 heterocycles. The zero-order chi connectivity index (χ0) is 21.0. The van der Waals surface area contributed by atoms with Crippen molar-refractivity contribution in [2.45, 2.75) is 43.7 Å². The molecule has 6 rings (SSSR count). The first-order valence-corrected chi connectivity index (χ1v) is 10.5. The molecule has 0 unspecified atom stereocenters. The molecule has 31 heavy (non-hydrogen) atoms. The summed E-state index contributed by atoms with van der Waals surface area (Å²) in [6, 6.07) is 10.7. The number of nitrogens with one attached hydrogen (secondary N) is 3. The molecule has 156 valence electrons. The normalized spacial score (nSPS) is 20.8. The van der Waals surface area contributed by atoms with Gasteiger partial charge in [0.25, 0.3) is 5.91 Å². The largest absolute Gasteiger partial charge is 0.351 e. The predicted molar refractivity (Wildman–Crippen MR) is 114 cm³/mol. The minimum absolute atomic E-state index is 0.0661. The SMILES string of the molecule is O=C1C/C(=C\c2cnn3c(NC4CC4)nc(NC4(c5ccccc5)CC4)nc23)C(=O)N1. The molecule has 9 nitrogen and oxygen atoms in total. The molecule has 1 aromatic carbocycles. The Labute approximate surface area is 178 Å². The Morgan fingerprint density at radius 3 is 2.61 bits per heavy atom. The molecule has 3 aliphatic rings. The van der Waals surface area contributed by atoms with Crippen LogP contribution in [0, 0.1) is 0 Å². The van der Waals surface area contributed by atoms with E-state index in [9.17, 15) is 9.59 Å². The zero-order valence-corrected chi connectivity index (χ0v) is 16.8. The number of benzene rings is 1. The Balaban J connectivity index is 1.41. The molecule has 2 amide bonds. The fourth-order valence-electron chi connectivity index (χ4n) is 3.95. The van der Waals surface area contributed by atoms with Crippen molar-refractivity contribution < 1.29 is 9.59 Å². The molecule has 3 N–H and O–H groups in total. The number of anilines is 2. The number of aromatic nitrogens is 4. The Hall–Kier alpha value is -3.75. The van der Waals surface area contributed by atoms with Crippen LogP contribution in [0.5, 0.6) is 0 Å². The van der Waals surface area contributed by atoms with Gasteiger partial charge in [0.1, 0.15) is 0 Å². The zero-order valence-electron chi connectivity index (χ0n) is 16.8. The van der Waals surface area contributed by atoms with Gasteiger partial charge in [0, 0.05) is 17.2 Å². The standard InChI is InChI=1S/C22H21N7O2/c30-17-11-13(19(31)25-17)10-14-12-23-29-18(14)26-20(27-21(29)24-16-6-7-16)28-22(8-9-22)15-4-2-1-3-5-15/h1-5,10,12,16H,6-9,11H2,(H,25,30,31)(H2,24,26,27,28)/b13-10+. The fraction of sp³-hybridized carbons (Fsp3) is 0.318. The van der Waals surface area contributed by atoms with E-state index in [4.69, 9.17) is 9.97 Å². The molecular formula is C22H21N7O2. The maximum atomic E-state index is 12.0. The lowest BCUT2D eigenvalue weighted by Gasteiger charge is -2.19. The first-order chi connectivity index (χ1) is 15.1. The van der Waals surface area contributed by atoms with E-state index in [2.05, 4.69) is 33.2 Å². The third-order valence-electron chi connectivity index (χ3n) is 5.96. The van der Waals surface area contributed by atoms with Crippen molar-refractivity contribution in [2.75, 3.05) is 10.6 Å². The number of rotatable bonds is 6. The van der Waals surface area contributed by atoms with Gasteiger partial charge in [-0.25, -0.2) is 0 Å². The molecular weight excluding hydrogens is 394 g/mol. The number of nitrogens with zero attached hydrogens (tertiary/aromatic N) is 4. The fourth-order valence-corrected chi connectivity index (χ4v) is 3.95. The summed E-state index contributed by atoms with van der Waals surface area (Å²) < 4.78 is 1.66. The number of hydrogen-bond donors (Lipinski definition) is 3. The van der Waals surface area contributed by atoms with Crippen molar-refractivity contribution in [1.29, 1.82) is 0 Å². The maximum Gasteiger partial charge on any atom is 0.254 e. The van der Waals surface area contributed by atoms with Crippen LogP contribution in [0.4, 0.5) is 11.9 Å². The molecule has 1 aliphatic heterocycles. The van der Waals surface area contributed by atoms with Crippen LogP contribution in [0.25, 0.3) is 11.7 Å². The molecule has 2 saturated carbocycles. The summed E-state index contributed by atoms with van der Waals surface area (Å²) in [5.41, 5.74) is 2.73. The highest BCUT2D eigenvalue weighted by atomic mass is 16.2. The van der Waals surface area contributed by atoms with Gasteiger partial charge in [0.2, 0.25) is 17.8 Å². The Kier molecular flexibility index (Phi) is 3.86. The molecule has 0 bridgehead atoms. The Morgan fingerprint density at radius 2 is 1.94 bits per heavy atom. The van der Waals surface area contributed by atoms with Gasteiger partial charge in [0.15, 0.2) is 5.65 Å². The molecule has 0 spiro atoms. The van der Waals surface area contributed by atoms with E-state index in [0.717, 1.165) is 25.7 Å². The third kappa shape index (κ3) is 3.31. The highest BCUT2D eigenvalue weighted by molar-refractivity contribution is 6.15. The average Bonchev–Trinajstić information content (AvgIpc) is 3.67. The van der Waals surface area contributed by atoms with Crippen LogP contribution in [0.2, 0.25) is 0 Å². The molecule has 2 aliphatic carbocycles. The van der Waals surface area contributed by atoms with E-state index in [0.29, 0.717) is 34.7 Å².